The molecule has 0 aliphatic carbocycles. The monoisotopic (exact) mass is 273 g/mol. The molecule has 1 aliphatic rings. The minimum absolute atomic E-state index is 0.992. The molecule has 1 rings (SSSR count). The van der Waals surface area contributed by atoms with Crippen molar-refractivity contribution in [2.75, 3.05) is 42.3 Å². The predicted molar refractivity (Wildman–Crippen MR) is 65.1 cm³/mol. The van der Waals surface area contributed by atoms with Gasteiger partial charge in [-0.1, -0.05) is 0 Å². The van der Waals surface area contributed by atoms with E-state index in [4.69, 9.17) is 12.9 Å². The first-order valence-corrected chi connectivity index (χ1v) is 7.77. The lowest BCUT2D eigenvalue weighted by Gasteiger charge is -2.38. The molecule has 1 heterocycles. The van der Waals surface area contributed by atoms with Gasteiger partial charge >= 0.3 is 0 Å². The summed E-state index contributed by atoms with van der Waals surface area (Å²) < 4.78 is 23.0. The molecular formula is C6H18N3O3P3. The second kappa shape index (κ2) is 6.11. The van der Waals surface area contributed by atoms with Gasteiger partial charge in [0.05, 0.1) is 0 Å². The van der Waals surface area contributed by atoms with Crippen LogP contribution in [0.3, 0.4) is 0 Å². The molecule has 0 radical (unpaired) electrons. The zero-order valence-corrected chi connectivity index (χ0v) is 12.6. The van der Waals surface area contributed by atoms with E-state index >= 15 is 0 Å². The van der Waals surface area contributed by atoms with Crippen LogP contribution in [0.1, 0.15) is 0 Å². The van der Waals surface area contributed by atoms with E-state index in [-0.39, 0.29) is 0 Å². The van der Waals surface area contributed by atoms with E-state index in [1.807, 2.05) is 56.3 Å². The van der Waals surface area contributed by atoms with Crippen LogP contribution in [0, 0.1) is 0 Å². The van der Waals surface area contributed by atoms with E-state index in [1.165, 1.54) is 0 Å². The molecule has 0 bridgehead atoms. The molecule has 0 aromatic carbocycles. The van der Waals surface area contributed by atoms with Crippen LogP contribution in [0.25, 0.3) is 0 Å². The van der Waals surface area contributed by atoms with Gasteiger partial charge in [-0.3, -0.25) is 12.9 Å². The third-order valence-corrected chi connectivity index (χ3v) is 6.71. The Labute approximate surface area is 95.4 Å². The van der Waals surface area contributed by atoms with Crippen LogP contribution in [0.2, 0.25) is 0 Å². The molecule has 1 aliphatic heterocycles. The van der Waals surface area contributed by atoms with Gasteiger partial charge in [0.1, 0.15) is 0 Å². The second-order valence-electron chi connectivity index (χ2n) is 3.50. The topological polar surface area (TPSA) is 37.4 Å². The van der Waals surface area contributed by atoms with E-state index in [0.29, 0.717) is 0 Å². The number of rotatable bonds is 3. The summed E-state index contributed by atoms with van der Waals surface area (Å²) >= 11 is 0. The van der Waals surface area contributed by atoms with Crippen molar-refractivity contribution in [1.82, 2.24) is 14.0 Å². The Bertz CT molecular complexity index is 168. The molecular weight excluding hydrogens is 255 g/mol. The molecule has 0 aromatic rings. The molecule has 6 nitrogen and oxygen atoms in total. The Kier molecular flexibility index (Phi) is 5.75. The molecule has 0 N–H and O–H groups in total. The van der Waals surface area contributed by atoms with Crippen LogP contribution >= 0.6 is 25.6 Å². The van der Waals surface area contributed by atoms with Gasteiger partial charge in [-0.05, 0) is 42.3 Å². The highest BCUT2D eigenvalue weighted by Gasteiger charge is 2.37. The van der Waals surface area contributed by atoms with Crippen LogP contribution in [-0.4, -0.2) is 56.3 Å². The van der Waals surface area contributed by atoms with Gasteiger partial charge in [-0.25, -0.2) is 14.0 Å². The normalized spacial score (nSPS) is 33.0. The maximum atomic E-state index is 5.72. The van der Waals surface area contributed by atoms with Gasteiger partial charge in [0.2, 0.25) is 0 Å². The van der Waals surface area contributed by atoms with Crippen LogP contribution in [0.4, 0.5) is 0 Å². The zero-order valence-electron chi connectivity index (χ0n) is 9.91. The number of nitrogens with zero attached hydrogens (tertiary/aromatic N) is 3. The lowest BCUT2D eigenvalue weighted by atomic mass is 11.3. The third kappa shape index (κ3) is 4.08. The summed E-state index contributed by atoms with van der Waals surface area (Å²) in [5.74, 6) is 0. The first kappa shape index (κ1) is 14.1. The first-order valence-electron chi connectivity index (χ1n) is 4.38. The van der Waals surface area contributed by atoms with Crippen molar-refractivity contribution in [2.24, 2.45) is 0 Å². The molecule has 0 aromatic heterocycles. The second-order valence-corrected chi connectivity index (χ2v) is 9.29. The first-order chi connectivity index (χ1) is 6.91. The fraction of sp³-hybridized carbons (Fsp3) is 1.00. The highest BCUT2D eigenvalue weighted by Crippen LogP contribution is 2.73. The maximum Gasteiger partial charge on any atom is 0.271 e. The maximum absolute atomic E-state index is 5.72. The van der Waals surface area contributed by atoms with Gasteiger partial charge in [0, 0.05) is 0 Å². The minimum Gasteiger partial charge on any atom is -0.257 e. The predicted octanol–water partition coefficient (Wildman–Crippen LogP) is 2.42. The van der Waals surface area contributed by atoms with E-state index in [0.717, 1.165) is 0 Å². The Morgan fingerprint density at radius 3 is 0.867 bits per heavy atom. The summed E-state index contributed by atoms with van der Waals surface area (Å²) in [5.41, 5.74) is 0. The molecule has 15 heavy (non-hydrogen) atoms. The van der Waals surface area contributed by atoms with Crippen molar-refractivity contribution in [3.05, 3.63) is 0 Å². The molecule has 0 spiro atoms. The van der Waals surface area contributed by atoms with Crippen molar-refractivity contribution < 1.29 is 12.9 Å². The fourth-order valence-corrected chi connectivity index (χ4v) is 6.76. The van der Waals surface area contributed by atoms with E-state index in [9.17, 15) is 0 Å². The van der Waals surface area contributed by atoms with Gasteiger partial charge in [-0.15, -0.1) is 0 Å². The van der Waals surface area contributed by atoms with Crippen molar-refractivity contribution >= 4 is 25.6 Å². The average molecular weight is 273 g/mol. The standard InChI is InChI=1S/C6H18N3O3P3/c1-7(2)13-10-14(8(3)4)12-15(11-13)9(5)6/h1-6H3. The van der Waals surface area contributed by atoms with Crippen LogP contribution < -0.4 is 0 Å². The van der Waals surface area contributed by atoms with Crippen LogP contribution in [0.15, 0.2) is 0 Å². The fourth-order valence-electron chi connectivity index (χ4n) is 0.662. The minimum atomic E-state index is -0.992. The molecule has 0 saturated carbocycles. The Morgan fingerprint density at radius 1 is 0.533 bits per heavy atom. The number of hydrogen-bond donors (Lipinski definition) is 0. The lowest BCUT2D eigenvalue weighted by Crippen LogP contribution is -2.19. The third-order valence-electron chi connectivity index (χ3n) is 1.40. The van der Waals surface area contributed by atoms with Crippen molar-refractivity contribution in [2.45, 2.75) is 0 Å². The van der Waals surface area contributed by atoms with Crippen molar-refractivity contribution in [3.8, 4) is 0 Å². The highest BCUT2D eigenvalue weighted by molar-refractivity contribution is 7.71. The summed E-state index contributed by atoms with van der Waals surface area (Å²) in [5, 5.41) is 0. The van der Waals surface area contributed by atoms with Gasteiger partial charge < -0.3 is 0 Å². The Morgan fingerprint density at radius 2 is 0.733 bits per heavy atom. The smallest absolute Gasteiger partial charge is 0.257 e. The summed E-state index contributed by atoms with van der Waals surface area (Å²) in [4.78, 5) is 0. The average Bonchev–Trinajstić information content (AvgIpc) is 2.16. The van der Waals surface area contributed by atoms with Gasteiger partial charge in [0.15, 0.2) is 0 Å². The lowest BCUT2D eigenvalue weighted by molar-refractivity contribution is 0.316. The molecule has 9 heteroatoms. The van der Waals surface area contributed by atoms with E-state index in [1.54, 1.807) is 0 Å². The zero-order chi connectivity index (χ0) is 11.6. The van der Waals surface area contributed by atoms with Crippen molar-refractivity contribution in [3.63, 3.8) is 0 Å². The largest absolute Gasteiger partial charge is 0.271 e. The summed E-state index contributed by atoms with van der Waals surface area (Å²) in [6, 6.07) is 0. The van der Waals surface area contributed by atoms with Crippen molar-refractivity contribution in [1.29, 1.82) is 0 Å². The molecule has 1 saturated heterocycles. The Balaban J connectivity index is 2.64. The molecule has 0 atom stereocenters. The number of hydrogen-bond acceptors (Lipinski definition) is 6. The van der Waals surface area contributed by atoms with Gasteiger partial charge in [0.25, 0.3) is 25.6 Å². The summed E-state index contributed by atoms with van der Waals surface area (Å²) in [6.45, 7) is 0. The molecule has 0 unspecified atom stereocenters. The summed E-state index contributed by atoms with van der Waals surface area (Å²) in [6.07, 6.45) is 0. The highest BCUT2D eigenvalue weighted by atomic mass is 31.3. The van der Waals surface area contributed by atoms with Crippen LogP contribution in [0.5, 0.6) is 0 Å². The quantitative estimate of drug-likeness (QED) is 0.735. The van der Waals surface area contributed by atoms with E-state index in [2.05, 4.69) is 0 Å². The molecule has 1 fully saturated rings. The molecule has 0 amide bonds. The van der Waals surface area contributed by atoms with E-state index < -0.39 is 25.6 Å². The SMILES string of the molecule is CN(C)P1OP(N(C)C)OP(N(C)C)O1. The summed E-state index contributed by atoms with van der Waals surface area (Å²) in [7, 11) is 8.71. The van der Waals surface area contributed by atoms with Gasteiger partial charge in [-0.2, -0.15) is 0 Å². The molecule has 90 valence electrons. The van der Waals surface area contributed by atoms with Crippen LogP contribution in [-0.2, 0) is 12.9 Å². The Hall–Kier alpha value is 1.05.